The Balaban J connectivity index is 1.63. The van der Waals surface area contributed by atoms with Crippen LogP contribution >= 0.6 is 19.2 Å². The summed E-state index contributed by atoms with van der Waals surface area (Å²) in [4.78, 5) is 26.6. The Labute approximate surface area is 204 Å². The largest absolute Gasteiger partial charge is 0.387 e. The summed E-state index contributed by atoms with van der Waals surface area (Å²) in [5, 5.41) is 28.7. The fourth-order valence-corrected chi connectivity index (χ4v) is 7.20. The number of nitrogens with zero attached hydrogens (tertiary/aromatic N) is 4. The van der Waals surface area contributed by atoms with Crippen LogP contribution in [0.25, 0.3) is 11.0 Å². The van der Waals surface area contributed by atoms with Crippen LogP contribution in [0.15, 0.2) is 6.20 Å². The minimum atomic E-state index is -5.72. The molecule has 196 valence electrons. The zero-order valence-electron chi connectivity index (χ0n) is 18.7. The normalized spacial score (nSPS) is 31.7. The van der Waals surface area contributed by atoms with E-state index >= 15 is 0 Å². The lowest BCUT2D eigenvalue weighted by Gasteiger charge is -2.24. The molecule has 13 nitrogen and oxygen atoms in total. The van der Waals surface area contributed by atoms with Crippen LogP contribution in [-0.4, -0.2) is 83.0 Å². The van der Waals surface area contributed by atoms with E-state index in [1.54, 1.807) is 0 Å². The molecule has 2 aromatic heterocycles. The molecule has 0 amide bonds. The van der Waals surface area contributed by atoms with Crippen molar-refractivity contribution in [2.75, 3.05) is 11.1 Å². The molecule has 0 spiro atoms. The Hall–Kier alpha value is -1.45. The SMILES string of the molecule is CC1CCCC1Nc1nc(Cl)nc2c1cnn2[C@@H]1O[C@H](CS(=O)(=O)C(C)(F)P(=O)(O)O)[C@@H](O)[C@H]1O. The number of anilines is 1. The first kappa shape index (κ1) is 26.6. The molecule has 1 aliphatic heterocycles. The van der Waals surface area contributed by atoms with Gasteiger partial charge >= 0.3 is 12.3 Å². The summed E-state index contributed by atoms with van der Waals surface area (Å²) in [6, 6.07) is 0.154. The maximum Gasteiger partial charge on any atom is 0.377 e. The average Bonchev–Trinajstić information content (AvgIpc) is 3.41. The molecule has 7 atom stereocenters. The molecule has 1 aliphatic carbocycles. The molecule has 5 N–H and O–H groups in total. The number of aliphatic hydroxyl groups is 2. The zero-order chi connectivity index (χ0) is 25.9. The summed E-state index contributed by atoms with van der Waals surface area (Å²) in [6.45, 7) is 2.35. The fourth-order valence-electron chi connectivity index (χ4n) is 4.35. The van der Waals surface area contributed by atoms with Crippen LogP contribution < -0.4 is 5.32 Å². The number of alkyl halides is 1. The molecule has 35 heavy (non-hydrogen) atoms. The van der Waals surface area contributed by atoms with Gasteiger partial charge in [-0.05, 0) is 37.3 Å². The quantitative estimate of drug-likeness (QED) is 0.239. The van der Waals surface area contributed by atoms with Gasteiger partial charge in [0.1, 0.15) is 24.1 Å². The van der Waals surface area contributed by atoms with Crippen LogP contribution in [0.5, 0.6) is 0 Å². The van der Waals surface area contributed by atoms with Gasteiger partial charge in [-0.15, -0.1) is 0 Å². The van der Waals surface area contributed by atoms with E-state index in [1.807, 2.05) is 0 Å². The molecular formula is C18H26ClFN5O8PS. The number of sulfone groups is 1. The Morgan fingerprint density at radius 3 is 2.60 bits per heavy atom. The number of ether oxygens (including phenoxy) is 1. The highest BCUT2D eigenvalue weighted by Gasteiger charge is 2.57. The van der Waals surface area contributed by atoms with E-state index in [2.05, 4.69) is 27.3 Å². The van der Waals surface area contributed by atoms with E-state index in [4.69, 9.17) is 26.1 Å². The van der Waals surface area contributed by atoms with Crippen LogP contribution in [0.3, 0.4) is 0 Å². The lowest BCUT2D eigenvalue weighted by molar-refractivity contribution is -0.0365. The van der Waals surface area contributed by atoms with Gasteiger partial charge in [0, 0.05) is 6.04 Å². The van der Waals surface area contributed by atoms with Gasteiger partial charge in [-0.1, -0.05) is 13.3 Å². The average molecular weight is 558 g/mol. The third-order valence-electron chi connectivity index (χ3n) is 6.66. The van der Waals surface area contributed by atoms with Crippen LogP contribution in [-0.2, 0) is 19.1 Å². The molecule has 1 saturated carbocycles. The van der Waals surface area contributed by atoms with E-state index in [9.17, 15) is 27.6 Å². The molecule has 17 heteroatoms. The first-order valence-electron chi connectivity index (χ1n) is 10.8. The number of aromatic nitrogens is 4. The van der Waals surface area contributed by atoms with E-state index in [0.717, 1.165) is 23.9 Å². The van der Waals surface area contributed by atoms with Gasteiger partial charge in [0.25, 0.3) is 0 Å². The van der Waals surface area contributed by atoms with Crippen molar-refractivity contribution < 1.29 is 42.1 Å². The van der Waals surface area contributed by atoms with Gasteiger partial charge in [0.2, 0.25) is 5.28 Å². The van der Waals surface area contributed by atoms with Crippen LogP contribution in [0.1, 0.15) is 39.3 Å². The summed E-state index contributed by atoms with van der Waals surface area (Å²) in [7, 11) is -10.9. The Bertz CT molecular complexity index is 1270. The Morgan fingerprint density at radius 2 is 2.00 bits per heavy atom. The predicted octanol–water partition coefficient (Wildman–Crippen LogP) is 0.935. The second kappa shape index (κ2) is 9.14. The fraction of sp³-hybridized carbons (Fsp3) is 0.722. The van der Waals surface area contributed by atoms with Crippen LogP contribution in [0, 0.1) is 5.92 Å². The van der Waals surface area contributed by atoms with Crippen molar-refractivity contribution in [1.82, 2.24) is 19.7 Å². The van der Waals surface area contributed by atoms with E-state index in [0.29, 0.717) is 17.1 Å². The zero-order valence-corrected chi connectivity index (χ0v) is 21.2. The van der Waals surface area contributed by atoms with Crippen molar-refractivity contribution in [1.29, 1.82) is 0 Å². The highest BCUT2D eigenvalue weighted by molar-refractivity contribution is 7.99. The lowest BCUT2D eigenvalue weighted by atomic mass is 10.1. The van der Waals surface area contributed by atoms with Gasteiger partial charge in [0.05, 0.1) is 17.3 Å². The summed E-state index contributed by atoms with van der Waals surface area (Å²) in [5.41, 5.74) is 0.128. The van der Waals surface area contributed by atoms with Crippen molar-refractivity contribution in [2.45, 2.75) is 68.4 Å². The molecule has 2 aliphatic rings. The van der Waals surface area contributed by atoms with Gasteiger partial charge in [-0.25, -0.2) is 17.5 Å². The van der Waals surface area contributed by atoms with E-state index in [1.165, 1.54) is 6.20 Å². The second-order valence-electron chi connectivity index (χ2n) is 9.07. The van der Waals surface area contributed by atoms with Gasteiger partial charge in [-0.3, -0.25) is 4.57 Å². The number of nitrogens with one attached hydrogen (secondary N) is 1. The van der Waals surface area contributed by atoms with Gasteiger partial charge < -0.3 is 30.1 Å². The van der Waals surface area contributed by atoms with Crippen LogP contribution in [0.2, 0.25) is 5.28 Å². The first-order valence-corrected chi connectivity index (χ1v) is 14.4. The molecule has 2 aromatic rings. The van der Waals surface area contributed by atoms with Gasteiger partial charge in [-0.2, -0.15) is 15.1 Å². The smallest absolute Gasteiger partial charge is 0.377 e. The highest BCUT2D eigenvalue weighted by atomic mass is 35.5. The van der Waals surface area contributed by atoms with E-state index in [-0.39, 0.29) is 23.9 Å². The Morgan fingerprint density at radius 1 is 1.31 bits per heavy atom. The monoisotopic (exact) mass is 557 g/mol. The van der Waals surface area contributed by atoms with Gasteiger partial charge in [0.15, 0.2) is 21.7 Å². The molecule has 4 rings (SSSR count). The minimum Gasteiger partial charge on any atom is -0.387 e. The summed E-state index contributed by atoms with van der Waals surface area (Å²) < 4.78 is 53.3. The number of rotatable bonds is 7. The Kier molecular flexibility index (Phi) is 6.95. The lowest BCUT2D eigenvalue weighted by Crippen LogP contribution is -2.41. The predicted molar refractivity (Wildman–Crippen MR) is 122 cm³/mol. The number of halogens is 2. The number of aliphatic hydroxyl groups excluding tert-OH is 2. The summed E-state index contributed by atoms with van der Waals surface area (Å²) >= 11 is 6.10. The topological polar surface area (TPSA) is 197 Å². The molecule has 3 unspecified atom stereocenters. The van der Waals surface area contributed by atoms with Crippen molar-refractivity contribution in [3.63, 3.8) is 0 Å². The maximum atomic E-state index is 14.5. The van der Waals surface area contributed by atoms with Crippen molar-refractivity contribution in [3.8, 4) is 0 Å². The second-order valence-corrected chi connectivity index (χ2v) is 14.0. The maximum absolute atomic E-state index is 14.5. The number of hydrogen-bond donors (Lipinski definition) is 5. The molecule has 3 heterocycles. The molecule has 2 fully saturated rings. The minimum absolute atomic E-state index is 0.128. The molecular weight excluding hydrogens is 532 g/mol. The number of fused-ring (bicyclic) bond motifs is 1. The number of hydrogen-bond acceptors (Lipinski definition) is 10. The van der Waals surface area contributed by atoms with E-state index < -0.39 is 52.5 Å². The standard InChI is InChI=1S/C18H26ClFN5O8PS/c1-8-4-3-5-10(8)22-14-9-6-21-25(15(9)24-17(19)23-14)16-13(27)12(26)11(33-16)7-35(31,32)18(2,20)34(28,29)30/h6,8,10-13,16,26-27H,3-5,7H2,1-2H3,(H,22,23,24)(H2,28,29,30)/t8?,10?,11-,12-,13-,16-,18?/m1/s1. The van der Waals surface area contributed by atoms with Crippen molar-refractivity contribution in [2.24, 2.45) is 5.92 Å². The summed E-state index contributed by atoms with van der Waals surface area (Å²) in [6.07, 6.45) is -2.27. The van der Waals surface area contributed by atoms with Crippen molar-refractivity contribution in [3.05, 3.63) is 11.5 Å². The first-order chi connectivity index (χ1) is 16.1. The molecule has 0 aromatic carbocycles. The third kappa shape index (κ3) is 4.68. The highest BCUT2D eigenvalue weighted by Crippen LogP contribution is 2.55. The van der Waals surface area contributed by atoms with Crippen LogP contribution in [0.4, 0.5) is 10.2 Å². The molecule has 0 radical (unpaired) electrons. The molecule has 1 saturated heterocycles. The molecule has 0 bridgehead atoms. The third-order valence-corrected chi connectivity index (χ3v) is 11.3. The summed E-state index contributed by atoms with van der Waals surface area (Å²) in [5.74, 6) is -0.491. The van der Waals surface area contributed by atoms with Crippen molar-refractivity contribution >= 4 is 45.9 Å².